The molecule has 0 fully saturated rings. The van der Waals surface area contributed by atoms with E-state index < -0.39 is 0 Å². The monoisotopic (exact) mass is 365 g/mol. The molecular formula is C21H27N5O. The Morgan fingerprint density at radius 3 is 2.67 bits per heavy atom. The van der Waals surface area contributed by atoms with Crippen LogP contribution in [0.4, 0.5) is 5.82 Å². The first-order chi connectivity index (χ1) is 13.1. The summed E-state index contributed by atoms with van der Waals surface area (Å²) in [5.41, 5.74) is 6.68. The zero-order chi connectivity index (χ0) is 19.0. The second-order valence-electron chi connectivity index (χ2n) is 7.39. The van der Waals surface area contributed by atoms with Crippen molar-refractivity contribution in [2.24, 2.45) is 0 Å². The van der Waals surface area contributed by atoms with Crippen LogP contribution in [0.3, 0.4) is 0 Å². The van der Waals surface area contributed by atoms with Crippen LogP contribution >= 0.6 is 0 Å². The van der Waals surface area contributed by atoms with Crippen LogP contribution in [0.25, 0.3) is 16.8 Å². The number of nitrogens with one attached hydrogen (secondary N) is 1. The van der Waals surface area contributed by atoms with E-state index in [2.05, 4.69) is 43.4 Å². The van der Waals surface area contributed by atoms with Crippen molar-refractivity contribution in [3.05, 3.63) is 41.2 Å². The molecule has 2 aromatic heterocycles. The number of anilines is 1. The van der Waals surface area contributed by atoms with Crippen molar-refractivity contribution in [3.63, 3.8) is 0 Å². The average molecular weight is 365 g/mol. The van der Waals surface area contributed by atoms with E-state index in [-0.39, 0.29) is 0 Å². The van der Waals surface area contributed by atoms with Crippen molar-refractivity contribution < 1.29 is 4.74 Å². The number of likely N-dealkylation sites (N-methyl/N-ethyl adjacent to an activating group) is 1. The average Bonchev–Trinajstić information content (AvgIpc) is 3.24. The van der Waals surface area contributed by atoms with E-state index in [1.54, 1.807) is 7.11 Å². The normalized spacial score (nSPS) is 13.4. The minimum Gasteiger partial charge on any atom is -0.497 e. The van der Waals surface area contributed by atoms with Crippen molar-refractivity contribution >= 4 is 11.5 Å². The number of fused-ring (bicyclic) bond motifs is 2. The van der Waals surface area contributed by atoms with E-state index in [1.165, 1.54) is 11.3 Å². The van der Waals surface area contributed by atoms with Gasteiger partial charge in [0.2, 0.25) is 0 Å². The number of nitrogens with zero attached hydrogens (tertiary/aromatic N) is 4. The molecule has 3 aromatic rings. The zero-order valence-electron chi connectivity index (χ0n) is 16.5. The van der Waals surface area contributed by atoms with Crippen LogP contribution in [0, 0.1) is 6.92 Å². The Labute approximate surface area is 160 Å². The number of ether oxygens (including phenoxy) is 1. The number of aryl methyl sites for hydroxylation is 2. The van der Waals surface area contributed by atoms with E-state index in [0.29, 0.717) is 0 Å². The SMILES string of the molecule is COc1ccc(-c2c(C)nn3c(NCCN(C)C)c4c(nc23)CCC4)cc1. The summed E-state index contributed by atoms with van der Waals surface area (Å²) in [5, 5.41) is 8.48. The Bertz CT molecular complexity index is 959. The van der Waals surface area contributed by atoms with Crippen molar-refractivity contribution in [1.29, 1.82) is 0 Å². The molecule has 0 aliphatic heterocycles. The van der Waals surface area contributed by atoms with Crippen LogP contribution in [-0.2, 0) is 12.8 Å². The van der Waals surface area contributed by atoms with E-state index in [9.17, 15) is 0 Å². The van der Waals surface area contributed by atoms with Gasteiger partial charge < -0.3 is 15.0 Å². The highest BCUT2D eigenvalue weighted by Gasteiger charge is 2.24. The van der Waals surface area contributed by atoms with E-state index in [1.807, 2.05) is 16.6 Å². The molecule has 1 aliphatic carbocycles. The summed E-state index contributed by atoms with van der Waals surface area (Å²) in [5.74, 6) is 1.96. The van der Waals surface area contributed by atoms with Crippen LogP contribution in [0.2, 0.25) is 0 Å². The van der Waals surface area contributed by atoms with E-state index in [4.69, 9.17) is 14.8 Å². The lowest BCUT2D eigenvalue weighted by molar-refractivity contribution is 0.415. The van der Waals surface area contributed by atoms with Crippen LogP contribution in [0.5, 0.6) is 5.75 Å². The summed E-state index contributed by atoms with van der Waals surface area (Å²) in [7, 11) is 5.87. The molecule has 4 rings (SSSR count). The van der Waals surface area contributed by atoms with Crippen molar-refractivity contribution in [2.45, 2.75) is 26.2 Å². The van der Waals surface area contributed by atoms with Gasteiger partial charge in [-0.15, -0.1) is 0 Å². The molecule has 0 unspecified atom stereocenters. The van der Waals surface area contributed by atoms with Gasteiger partial charge in [-0.05, 0) is 58.0 Å². The van der Waals surface area contributed by atoms with Gasteiger partial charge >= 0.3 is 0 Å². The molecule has 0 saturated heterocycles. The second-order valence-corrected chi connectivity index (χ2v) is 7.39. The lowest BCUT2D eigenvalue weighted by Crippen LogP contribution is -2.22. The summed E-state index contributed by atoms with van der Waals surface area (Å²) in [6.07, 6.45) is 3.27. The van der Waals surface area contributed by atoms with E-state index >= 15 is 0 Å². The molecule has 0 radical (unpaired) electrons. The van der Waals surface area contributed by atoms with Gasteiger partial charge in [0.1, 0.15) is 11.6 Å². The quantitative estimate of drug-likeness (QED) is 0.727. The first kappa shape index (κ1) is 17.8. The summed E-state index contributed by atoms with van der Waals surface area (Å²) in [6, 6.07) is 8.14. The molecule has 0 atom stereocenters. The Kier molecular flexibility index (Phi) is 4.74. The van der Waals surface area contributed by atoms with Gasteiger partial charge in [-0.25, -0.2) is 4.98 Å². The number of methoxy groups -OCH3 is 1. The first-order valence-corrected chi connectivity index (χ1v) is 9.52. The third-order valence-electron chi connectivity index (χ3n) is 5.19. The second kappa shape index (κ2) is 7.19. The molecule has 0 saturated carbocycles. The predicted molar refractivity (Wildman–Crippen MR) is 109 cm³/mol. The van der Waals surface area contributed by atoms with Crippen LogP contribution in [0.15, 0.2) is 24.3 Å². The minimum absolute atomic E-state index is 0.854. The molecule has 0 spiro atoms. The number of rotatable bonds is 6. The van der Waals surface area contributed by atoms with Crippen LogP contribution in [-0.4, -0.2) is 53.8 Å². The Morgan fingerprint density at radius 2 is 1.96 bits per heavy atom. The topological polar surface area (TPSA) is 54.7 Å². The van der Waals surface area contributed by atoms with E-state index in [0.717, 1.165) is 66.4 Å². The van der Waals surface area contributed by atoms with Gasteiger partial charge in [0.15, 0.2) is 5.65 Å². The number of hydrogen-bond acceptors (Lipinski definition) is 5. The molecule has 27 heavy (non-hydrogen) atoms. The summed E-state index contributed by atoms with van der Waals surface area (Å²) in [4.78, 5) is 7.20. The maximum absolute atomic E-state index is 5.30. The summed E-state index contributed by atoms with van der Waals surface area (Å²) >= 11 is 0. The van der Waals surface area contributed by atoms with Crippen molar-refractivity contribution in [1.82, 2.24) is 19.5 Å². The molecular weight excluding hydrogens is 338 g/mol. The van der Waals surface area contributed by atoms with Crippen molar-refractivity contribution in [2.75, 3.05) is 39.6 Å². The molecule has 0 bridgehead atoms. The fraction of sp³-hybridized carbons (Fsp3) is 0.429. The zero-order valence-corrected chi connectivity index (χ0v) is 16.5. The number of hydrogen-bond donors (Lipinski definition) is 1. The largest absolute Gasteiger partial charge is 0.497 e. The molecule has 142 valence electrons. The predicted octanol–water partition coefficient (Wildman–Crippen LogP) is 3.18. The Hall–Kier alpha value is -2.60. The maximum Gasteiger partial charge on any atom is 0.165 e. The fourth-order valence-corrected chi connectivity index (χ4v) is 3.81. The van der Waals surface area contributed by atoms with Gasteiger partial charge in [-0.1, -0.05) is 12.1 Å². The van der Waals surface area contributed by atoms with Crippen molar-refractivity contribution in [3.8, 4) is 16.9 Å². The molecule has 1 aliphatic rings. The molecule has 6 nitrogen and oxygen atoms in total. The van der Waals surface area contributed by atoms with Gasteiger partial charge in [0.25, 0.3) is 0 Å². The molecule has 1 aromatic carbocycles. The smallest absolute Gasteiger partial charge is 0.165 e. The molecule has 2 heterocycles. The van der Waals surface area contributed by atoms with Gasteiger partial charge in [0.05, 0.1) is 12.8 Å². The highest BCUT2D eigenvalue weighted by molar-refractivity contribution is 5.81. The molecule has 1 N–H and O–H groups in total. The lowest BCUT2D eigenvalue weighted by Gasteiger charge is -2.15. The summed E-state index contributed by atoms with van der Waals surface area (Å²) < 4.78 is 7.31. The lowest BCUT2D eigenvalue weighted by atomic mass is 10.1. The number of aromatic nitrogens is 3. The highest BCUT2D eigenvalue weighted by atomic mass is 16.5. The minimum atomic E-state index is 0.854. The van der Waals surface area contributed by atoms with Crippen LogP contribution < -0.4 is 10.1 Å². The Morgan fingerprint density at radius 1 is 1.19 bits per heavy atom. The maximum atomic E-state index is 5.30. The standard InChI is InChI=1S/C21H27N5O/c1-14-19(15-8-10-16(27-4)11-9-15)21-23-18-7-5-6-17(18)20(26(21)24-14)22-12-13-25(2)3/h8-11,22H,5-7,12-13H2,1-4H3. The van der Waals surface area contributed by atoms with Gasteiger partial charge in [-0.2, -0.15) is 9.61 Å². The third-order valence-corrected chi connectivity index (χ3v) is 5.19. The van der Waals surface area contributed by atoms with Gasteiger partial charge in [0, 0.05) is 29.9 Å². The Balaban J connectivity index is 1.83. The fourth-order valence-electron chi connectivity index (χ4n) is 3.81. The first-order valence-electron chi connectivity index (χ1n) is 9.52. The number of benzene rings is 1. The highest BCUT2D eigenvalue weighted by Crippen LogP contribution is 2.34. The summed E-state index contributed by atoms with van der Waals surface area (Å²) in [6.45, 7) is 3.92. The third kappa shape index (κ3) is 3.25. The molecule has 6 heteroatoms. The molecule has 0 amide bonds. The van der Waals surface area contributed by atoms with Crippen LogP contribution in [0.1, 0.15) is 23.4 Å². The van der Waals surface area contributed by atoms with Gasteiger partial charge in [-0.3, -0.25) is 0 Å².